The van der Waals surface area contributed by atoms with Crippen molar-refractivity contribution in [3.8, 4) is 0 Å². The molecule has 1 saturated heterocycles. The van der Waals surface area contributed by atoms with Crippen molar-refractivity contribution in [1.82, 2.24) is 9.80 Å². The molecular weight excluding hydrogens is 244 g/mol. The third-order valence-electron chi connectivity index (χ3n) is 3.09. The highest BCUT2D eigenvalue weighted by Crippen LogP contribution is 2.12. The Morgan fingerprint density at radius 2 is 1.89 bits per heavy atom. The van der Waals surface area contributed by atoms with Crippen molar-refractivity contribution < 1.29 is 14.4 Å². The van der Waals surface area contributed by atoms with Gasteiger partial charge in [0.05, 0.1) is 0 Å². The van der Waals surface area contributed by atoms with Crippen LogP contribution >= 0.6 is 0 Å². The second kappa shape index (κ2) is 5.65. The number of hydrogen-bond donors (Lipinski definition) is 0. The Labute approximate surface area is 111 Å². The Balaban J connectivity index is 1.85. The molecule has 1 aliphatic heterocycles. The molecule has 0 aromatic heterocycles. The number of amides is 4. The number of benzene rings is 1. The van der Waals surface area contributed by atoms with E-state index >= 15 is 0 Å². The van der Waals surface area contributed by atoms with E-state index in [0.29, 0.717) is 6.42 Å². The van der Waals surface area contributed by atoms with Gasteiger partial charge in [0.15, 0.2) is 0 Å². The van der Waals surface area contributed by atoms with Gasteiger partial charge >= 0.3 is 6.03 Å². The van der Waals surface area contributed by atoms with Crippen LogP contribution in [0.5, 0.6) is 0 Å². The molecule has 0 unspecified atom stereocenters. The van der Waals surface area contributed by atoms with Crippen LogP contribution in [0.3, 0.4) is 0 Å². The fraction of sp³-hybridized carbons (Fsp3) is 0.357. The fourth-order valence-electron chi connectivity index (χ4n) is 2.06. The van der Waals surface area contributed by atoms with Crippen LogP contribution < -0.4 is 0 Å². The summed E-state index contributed by atoms with van der Waals surface area (Å²) in [6, 6.07) is 9.29. The molecule has 0 bridgehead atoms. The highest BCUT2D eigenvalue weighted by Gasteiger charge is 2.37. The first-order valence-corrected chi connectivity index (χ1v) is 6.24. The van der Waals surface area contributed by atoms with Crippen LogP contribution in [0.2, 0.25) is 0 Å². The summed E-state index contributed by atoms with van der Waals surface area (Å²) in [7, 11) is 1.51. The Morgan fingerprint density at radius 1 is 1.21 bits per heavy atom. The van der Waals surface area contributed by atoms with E-state index in [9.17, 15) is 14.4 Å². The number of nitrogens with zero attached hydrogens (tertiary/aromatic N) is 2. The van der Waals surface area contributed by atoms with Crippen molar-refractivity contribution in [2.45, 2.75) is 19.3 Å². The first-order valence-electron chi connectivity index (χ1n) is 6.24. The molecule has 0 N–H and O–H groups in total. The van der Waals surface area contributed by atoms with Gasteiger partial charge in [0.1, 0.15) is 6.54 Å². The van der Waals surface area contributed by atoms with E-state index in [-0.39, 0.29) is 13.0 Å². The standard InChI is InChI=1S/C14H16N2O3/c1-15-10-13(18)16(14(15)19)12(17)9-5-8-11-6-3-2-4-7-11/h2-4,6-7H,5,8-10H2,1H3. The van der Waals surface area contributed by atoms with Gasteiger partial charge in [-0.25, -0.2) is 4.79 Å². The maximum Gasteiger partial charge on any atom is 0.333 e. The van der Waals surface area contributed by atoms with Gasteiger partial charge in [-0.05, 0) is 18.4 Å². The Bertz CT molecular complexity index is 499. The predicted molar refractivity (Wildman–Crippen MR) is 69.3 cm³/mol. The third-order valence-corrected chi connectivity index (χ3v) is 3.09. The molecular formula is C14H16N2O3. The molecule has 5 heteroatoms. The Kier molecular flexibility index (Phi) is 3.94. The summed E-state index contributed by atoms with van der Waals surface area (Å²) in [5.41, 5.74) is 1.14. The number of aryl methyl sites for hydroxylation is 1. The van der Waals surface area contributed by atoms with Gasteiger partial charge in [-0.2, -0.15) is 4.90 Å². The molecule has 1 aromatic rings. The van der Waals surface area contributed by atoms with E-state index in [1.54, 1.807) is 0 Å². The van der Waals surface area contributed by atoms with Gasteiger partial charge in [0, 0.05) is 13.5 Å². The number of imide groups is 3. The summed E-state index contributed by atoms with van der Waals surface area (Å²) in [6.45, 7) is -0.0107. The molecule has 1 heterocycles. The Hall–Kier alpha value is -2.17. The van der Waals surface area contributed by atoms with Crippen LogP contribution in [0.4, 0.5) is 4.79 Å². The lowest BCUT2D eigenvalue weighted by molar-refractivity contribution is -0.138. The molecule has 0 radical (unpaired) electrons. The van der Waals surface area contributed by atoms with Crippen molar-refractivity contribution in [1.29, 1.82) is 0 Å². The molecule has 2 rings (SSSR count). The largest absolute Gasteiger partial charge is 0.333 e. The van der Waals surface area contributed by atoms with Gasteiger partial charge in [-0.3, -0.25) is 9.59 Å². The number of likely N-dealkylation sites (N-methyl/N-ethyl adjacent to an activating group) is 1. The molecule has 4 amide bonds. The number of carbonyl (C=O) groups is 3. The maximum atomic E-state index is 11.9. The first-order chi connectivity index (χ1) is 9.09. The third kappa shape index (κ3) is 2.99. The summed E-state index contributed by atoms with van der Waals surface area (Å²) in [6.07, 6.45) is 1.60. The molecule has 0 saturated carbocycles. The van der Waals surface area contributed by atoms with Gasteiger partial charge < -0.3 is 4.90 Å². The minimum absolute atomic E-state index is 0.0107. The smallest absolute Gasteiger partial charge is 0.318 e. The van der Waals surface area contributed by atoms with Crippen LogP contribution in [-0.2, 0) is 16.0 Å². The van der Waals surface area contributed by atoms with Crippen LogP contribution in [0.25, 0.3) is 0 Å². The molecule has 1 aromatic carbocycles. The second-order valence-corrected chi connectivity index (χ2v) is 4.60. The average Bonchev–Trinajstić information content (AvgIpc) is 2.64. The highest BCUT2D eigenvalue weighted by atomic mass is 16.2. The first kappa shape index (κ1) is 13.3. The van der Waals surface area contributed by atoms with Crippen LogP contribution in [-0.4, -0.2) is 41.2 Å². The van der Waals surface area contributed by atoms with Gasteiger partial charge in [-0.15, -0.1) is 0 Å². The van der Waals surface area contributed by atoms with E-state index in [4.69, 9.17) is 0 Å². The molecule has 1 aliphatic rings. The molecule has 1 fully saturated rings. The Morgan fingerprint density at radius 3 is 2.47 bits per heavy atom. The summed E-state index contributed by atoms with van der Waals surface area (Å²) < 4.78 is 0. The summed E-state index contributed by atoms with van der Waals surface area (Å²) in [5.74, 6) is -0.840. The van der Waals surface area contributed by atoms with Crippen molar-refractivity contribution in [2.75, 3.05) is 13.6 Å². The van der Waals surface area contributed by atoms with E-state index < -0.39 is 17.8 Å². The van der Waals surface area contributed by atoms with Crippen molar-refractivity contribution >= 4 is 17.8 Å². The zero-order valence-corrected chi connectivity index (χ0v) is 10.8. The predicted octanol–water partition coefficient (Wildman–Crippen LogP) is 1.43. The van der Waals surface area contributed by atoms with E-state index in [1.807, 2.05) is 30.3 Å². The second-order valence-electron chi connectivity index (χ2n) is 4.60. The number of hydrogen-bond acceptors (Lipinski definition) is 3. The number of urea groups is 1. The van der Waals surface area contributed by atoms with Crippen LogP contribution in [0.1, 0.15) is 18.4 Å². The summed E-state index contributed by atoms with van der Waals surface area (Å²) in [4.78, 5) is 37.0. The summed E-state index contributed by atoms with van der Waals surface area (Å²) >= 11 is 0. The van der Waals surface area contributed by atoms with Crippen molar-refractivity contribution in [3.63, 3.8) is 0 Å². The SMILES string of the molecule is CN1CC(=O)N(C(=O)CCCc2ccccc2)C1=O. The van der Waals surface area contributed by atoms with Gasteiger partial charge in [0.25, 0.3) is 5.91 Å². The monoisotopic (exact) mass is 260 g/mol. The van der Waals surface area contributed by atoms with Crippen molar-refractivity contribution in [3.05, 3.63) is 35.9 Å². The van der Waals surface area contributed by atoms with Gasteiger partial charge in [0.2, 0.25) is 5.91 Å². The number of rotatable bonds is 4. The molecule has 19 heavy (non-hydrogen) atoms. The zero-order chi connectivity index (χ0) is 13.8. The molecule has 0 aliphatic carbocycles. The lowest BCUT2D eigenvalue weighted by atomic mass is 10.1. The number of carbonyl (C=O) groups excluding carboxylic acids is 3. The van der Waals surface area contributed by atoms with E-state index in [1.165, 1.54) is 11.9 Å². The highest BCUT2D eigenvalue weighted by molar-refractivity contribution is 6.14. The zero-order valence-electron chi connectivity index (χ0n) is 10.8. The minimum atomic E-state index is -0.519. The van der Waals surface area contributed by atoms with E-state index in [2.05, 4.69) is 0 Å². The molecule has 5 nitrogen and oxygen atoms in total. The normalized spacial score (nSPS) is 15.2. The van der Waals surface area contributed by atoms with Crippen LogP contribution in [0, 0.1) is 0 Å². The molecule has 0 spiro atoms. The average molecular weight is 260 g/mol. The summed E-state index contributed by atoms with van der Waals surface area (Å²) in [5, 5.41) is 0. The van der Waals surface area contributed by atoms with Gasteiger partial charge in [-0.1, -0.05) is 30.3 Å². The fourth-order valence-corrected chi connectivity index (χ4v) is 2.06. The maximum absolute atomic E-state index is 11.9. The molecule has 0 atom stereocenters. The lowest BCUT2D eigenvalue weighted by Gasteiger charge is -2.12. The van der Waals surface area contributed by atoms with Crippen molar-refractivity contribution in [2.24, 2.45) is 0 Å². The van der Waals surface area contributed by atoms with Crippen LogP contribution in [0.15, 0.2) is 30.3 Å². The quantitative estimate of drug-likeness (QED) is 0.769. The van der Waals surface area contributed by atoms with E-state index in [0.717, 1.165) is 16.9 Å². The minimum Gasteiger partial charge on any atom is -0.318 e. The topological polar surface area (TPSA) is 57.7 Å². The molecule has 100 valence electrons. The lowest BCUT2D eigenvalue weighted by Crippen LogP contribution is -2.37.